The number of carbonyl (C=O) groups is 1. The van der Waals surface area contributed by atoms with Gasteiger partial charge in [0.05, 0.1) is 5.92 Å². The van der Waals surface area contributed by atoms with Gasteiger partial charge in [0.25, 0.3) is 0 Å². The van der Waals surface area contributed by atoms with Crippen LogP contribution in [0.1, 0.15) is 35.3 Å². The van der Waals surface area contributed by atoms with E-state index in [0.29, 0.717) is 18.8 Å². The van der Waals surface area contributed by atoms with E-state index >= 15 is 0 Å². The molecule has 2 N–H and O–H groups in total. The summed E-state index contributed by atoms with van der Waals surface area (Å²) in [5.74, 6) is -1.16. The van der Waals surface area contributed by atoms with Gasteiger partial charge in [-0.15, -0.1) is 11.6 Å². The van der Waals surface area contributed by atoms with E-state index in [2.05, 4.69) is 0 Å². The van der Waals surface area contributed by atoms with Gasteiger partial charge in [0.2, 0.25) is 0 Å². The number of hydrogen-bond donors (Lipinski definition) is 2. The number of carboxylic acids is 1. The third-order valence-electron chi connectivity index (χ3n) is 4.29. The van der Waals surface area contributed by atoms with Gasteiger partial charge < -0.3 is 15.1 Å². The van der Waals surface area contributed by atoms with Crippen molar-refractivity contribution in [1.82, 2.24) is 0 Å². The zero-order valence-corrected chi connectivity index (χ0v) is 13.3. The van der Waals surface area contributed by atoms with Crippen LogP contribution in [0.25, 0.3) is 0 Å². The summed E-state index contributed by atoms with van der Waals surface area (Å²) in [4.78, 5) is 13.2. The van der Waals surface area contributed by atoms with Crippen LogP contribution in [0.2, 0.25) is 0 Å². The summed E-state index contributed by atoms with van der Waals surface area (Å²) in [5, 5.41) is 19.7. The molecule has 1 aliphatic heterocycles. The normalized spacial score (nSPS) is 17.8. The first-order valence-corrected chi connectivity index (χ1v) is 8.06. The smallest absolute Gasteiger partial charge is 0.311 e. The molecule has 0 aliphatic carbocycles. The van der Waals surface area contributed by atoms with Crippen LogP contribution in [-0.4, -0.2) is 22.1 Å². The van der Waals surface area contributed by atoms with E-state index in [4.69, 9.17) is 11.6 Å². The van der Waals surface area contributed by atoms with E-state index in [1.165, 1.54) is 0 Å². The summed E-state index contributed by atoms with van der Waals surface area (Å²) in [7, 11) is 0. The van der Waals surface area contributed by atoms with Crippen molar-refractivity contribution in [2.75, 3.05) is 10.8 Å². The highest BCUT2D eigenvalue weighted by molar-refractivity contribution is 6.18. The molecule has 120 valence electrons. The summed E-state index contributed by atoms with van der Waals surface area (Å²) >= 11 is 5.69. The SMILES string of the molecule is O=C(O)C(CCCl)c1ccc(N2Cc3ccccc3C2O)cc1. The third kappa shape index (κ3) is 3.05. The number of alkyl halides is 1. The zero-order valence-electron chi connectivity index (χ0n) is 12.5. The highest BCUT2D eigenvalue weighted by Gasteiger charge is 2.28. The lowest BCUT2D eigenvalue weighted by atomic mass is 9.96. The van der Waals surface area contributed by atoms with E-state index in [1.54, 1.807) is 12.1 Å². The van der Waals surface area contributed by atoms with Crippen LogP contribution in [-0.2, 0) is 11.3 Å². The summed E-state index contributed by atoms with van der Waals surface area (Å²) in [5.41, 5.74) is 3.62. The average molecular weight is 332 g/mol. The number of carboxylic acid groups (broad SMARTS) is 1. The van der Waals surface area contributed by atoms with Gasteiger partial charge in [-0.3, -0.25) is 4.79 Å². The molecule has 0 saturated carbocycles. The molecule has 0 fully saturated rings. The number of aliphatic hydroxyl groups excluding tert-OH is 1. The number of nitrogens with zero attached hydrogens (tertiary/aromatic N) is 1. The molecule has 2 unspecified atom stereocenters. The number of aliphatic hydroxyl groups is 1. The third-order valence-corrected chi connectivity index (χ3v) is 4.51. The lowest BCUT2D eigenvalue weighted by Crippen LogP contribution is -2.21. The van der Waals surface area contributed by atoms with Gasteiger partial charge in [0, 0.05) is 23.7 Å². The molecule has 3 rings (SSSR count). The number of anilines is 1. The van der Waals surface area contributed by atoms with Crippen LogP contribution in [0.5, 0.6) is 0 Å². The number of hydrogen-bond acceptors (Lipinski definition) is 3. The Morgan fingerprint density at radius 3 is 2.52 bits per heavy atom. The van der Waals surface area contributed by atoms with Crippen LogP contribution in [0.3, 0.4) is 0 Å². The first-order valence-electron chi connectivity index (χ1n) is 7.53. The predicted octanol–water partition coefficient (Wildman–Crippen LogP) is 3.49. The Kier molecular flexibility index (Phi) is 4.55. The Hall–Kier alpha value is -2.04. The maximum Gasteiger partial charge on any atom is 0.311 e. The van der Waals surface area contributed by atoms with Crippen LogP contribution < -0.4 is 4.90 Å². The highest BCUT2D eigenvalue weighted by atomic mass is 35.5. The lowest BCUT2D eigenvalue weighted by molar-refractivity contribution is -0.138. The fourth-order valence-electron chi connectivity index (χ4n) is 3.04. The van der Waals surface area contributed by atoms with E-state index in [1.807, 2.05) is 41.3 Å². The van der Waals surface area contributed by atoms with Crippen molar-refractivity contribution in [2.45, 2.75) is 25.1 Å². The van der Waals surface area contributed by atoms with Crippen LogP contribution in [0.15, 0.2) is 48.5 Å². The predicted molar refractivity (Wildman–Crippen MR) is 89.7 cm³/mol. The van der Waals surface area contributed by atoms with Crippen molar-refractivity contribution >= 4 is 23.3 Å². The first kappa shape index (κ1) is 15.8. The van der Waals surface area contributed by atoms with Crippen LogP contribution in [0, 0.1) is 0 Å². The molecule has 2 aromatic carbocycles. The topological polar surface area (TPSA) is 60.8 Å². The molecule has 2 aromatic rings. The van der Waals surface area contributed by atoms with Gasteiger partial charge >= 0.3 is 5.97 Å². The Morgan fingerprint density at radius 2 is 1.91 bits per heavy atom. The zero-order chi connectivity index (χ0) is 16.4. The molecular weight excluding hydrogens is 314 g/mol. The number of aliphatic carboxylic acids is 1. The van der Waals surface area contributed by atoms with Crippen LogP contribution >= 0.6 is 11.6 Å². The van der Waals surface area contributed by atoms with Gasteiger partial charge in [-0.25, -0.2) is 0 Å². The Balaban J connectivity index is 1.82. The minimum atomic E-state index is -0.869. The number of fused-ring (bicyclic) bond motifs is 1. The van der Waals surface area contributed by atoms with Gasteiger partial charge in [0.15, 0.2) is 6.23 Å². The Labute approximate surface area is 139 Å². The molecule has 0 saturated heterocycles. The molecule has 1 aliphatic rings. The molecule has 23 heavy (non-hydrogen) atoms. The second-order valence-electron chi connectivity index (χ2n) is 5.66. The first-order chi connectivity index (χ1) is 11.1. The van der Waals surface area contributed by atoms with Crippen molar-refractivity contribution in [2.24, 2.45) is 0 Å². The molecule has 5 heteroatoms. The van der Waals surface area contributed by atoms with Gasteiger partial charge in [-0.2, -0.15) is 0 Å². The standard InChI is InChI=1S/C18H18ClNO3/c19-10-9-16(18(22)23)12-5-7-14(8-6-12)20-11-13-3-1-2-4-15(13)17(20)21/h1-8,16-17,21H,9-11H2,(H,22,23). The largest absolute Gasteiger partial charge is 0.481 e. The van der Waals surface area contributed by atoms with E-state index in [-0.39, 0.29) is 0 Å². The van der Waals surface area contributed by atoms with Crippen molar-refractivity contribution in [1.29, 1.82) is 0 Å². The molecule has 0 aromatic heterocycles. The van der Waals surface area contributed by atoms with E-state index in [0.717, 1.165) is 22.4 Å². The quantitative estimate of drug-likeness (QED) is 0.823. The molecule has 0 radical (unpaired) electrons. The number of benzene rings is 2. The van der Waals surface area contributed by atoms with Gasteiger partial charge in [-0.05, 0) is 29.7 Å². The van der Waals surface area contributed by atoms with Crippen LogP contribution in [0.4, 0.5) is 5.69 Å². The maximum atomic E-state index is 11.3. The molecule has 1 heterocycles. The minimum absolute atomic E-state index is 0.304. The number of rotatable bonds is 5. The summed E-state index contributed by atoms with van der Waals surface area (Å²) < 4.78 is 0. The molecule has 0 amide bonds. The molecular formula is C18H18ClNO3. The second kappa shape index (κ2) is 6.60. The van der Waals surface area contributed by atoms with E-state index in [9.17, 15) is 15.0 Å². The van der Waals surface area contributed by atoms with E-state index < -0.39 is 18.1 Å². The Bertz CT molecular complexity index is 702. The Morgan fingerprint density at radius 1 is 1.22 bits per heavy atom. The summed E-state index contributed by atoms with van der Waals surface area (Å²) in [6, 6.07) is 15.1. The van der Waals surface area contributed by atoms with Crippen molar-refractivity contribution in [3.05, 3.63) is 65.2 Å². The van der Waals surface area contributed by atoms with Crippen molar-refractivity contribution in [3.8, 4) is 0 Å². The van der Waals surface area contributed by atoms with Gasteiger partial charge in [0.1, 0.15) is 0 Å². The molecule has 2 atom stereocenters. The molecule has 0 bridgehead atoms. The van der Waals surface area contributed by atoms with Crippen molar-refractivity contribution in [3.63, 3.8) is 0 Å². The summed E-state index contributed by atoms with van der Waals surface area (Å²) in [6.45, 7) is 0.640. The maximum absolute atomic E-state index is 11.3. The summed E-state index contributed by atoms with van der Waals surface area (Å²) in [6.07, 6.45) is -0.274. The number of halogens is 1. The second-order valence-corrected chi connectivity index (χ2v) is 6.04. The lowest BCUT2D eigenvalue weighted by Gasteiger charge is -2.23. The van der Waals surface area contributed by atoms with Gasteiger partial charge in [-0.1, -0.05) is 36.4 Å². The fraction of sp³-hybridized carbons (Fsp3) is 0.278. The molecule has 4 nitrogen and oxygen atoms in total. The fourth-order valence-corrected chi connectivity index (χ4v) is 3.26. The van der Waals surface area contributed by atoms with Crippen molar-refractivity contribution < 1.29 is 15.0 Å². The average Bonchev–Trinajstić information content (AvgIpc) is 2.90. The highest BCUT2D eigenvalue weighted by Crippen LogP contribution is 2.36. The monoisotopic (exact) mass is 331 g/mol. The molecule has 0 spiro atoms. The minimum Gasteiger partial charge on any atom is -0.481 e.